The molecule has 12 heteroatoms. The summed E-state index contributed by atoms with van der Waals surface area (Å²) in [7, 11) is 1.59. The Hall–Kier alpha value is -2.42. The van der Waals surface area contributed by atoms with Crippen LogP contribution in [0.15, 0.2) is 52.3 Å². The van der Waals surface area contributed by atoms with E-state index in [9.17, 15) is 20.2 Å². The lowest BCUT2D eigenvalue weighted by Crippen LogP contribution is -2.57. The number of allylic oxidation sites excluding steroid dienone is 2. The summed E-state index contributed by atoms with van der Waals surface area (Å²) in [6, 6.07) is 0. The van der Waals surface area contributed by atoms with Gasteiger partial charge in [0.2, 0.25) is 0 Å². The van der Waals surface area contributed by atoms with Crippen LogP contribution in [0.2, 0.25) is 0 Å². The molecule has 4 saturated heterocycles. The van der Waals surface area contributed by atoms with Crippen molar-refractivity contribution in [3.8, 4) is 0 Å². The predicted molar refractivity (Wildman–Crippen MR) is 203 cm³/mol. The molecule has 0 aromatic heterocycles. The van der Waals surface area contributed by atoms with E-state index in [2.05, 4.69) is 32.0 Å². The molecular formula is C43H63NO11. The Morgan fingerprint density at radius 1 is 1.02 bits per heavy atom. The van der Waals surface area contributed by atoms with Crippen LogP contribution in [-0.4, -0.2) is 107 Å². The minimum atomic E-state index is -1.83. The number of ether oxygens (including phenoxy) is 7. The number of carbonyl (C=O) groups is 1. The maximum Gasteiger partial charge on any atom is 0.316 e. The quantitative estimate of drug-likeness (QED) is 0.132. The second-order valence-electron chi connectivity index (χ2n) is 17.4. The average molecular weight is 770 g/mol. The molecule has 7 rings (SSSR count). The molecule has 0 radical (unpaired) electrons. The van der Waals surface area contributed by atoms with Crippen molar-refractivity contribution in [2.45, 2.75) is 172 Å². The molecule has 306 valence electrons. The summed E-state index contributed by atoms with van der Waals surface area (Å²) in [5, 5.41) is 36.7. The Labute approximate surface area is 325 Å². The summed E-state index contributed by atoms with van der Waals surface area (Å²) in [5.74, 6) is -1.83. The summed E-state index contributed by atoms with van der Waals surface area (Å²) in [5.41, 5.74) is 0.362. The number of nitrogens with zero attached hydrogens (tertiary/aromatic N) is 1. The fourth-order valence-corrected chi connectivity index (χ4v) is 10.4. The second kappa shape index (κ2) is 16.8. The van der Waals surface area contributed by atoms with Crippen LogP contribution in [0.5, 0.6) is 0 Å². The number of esters is 1. The van der Waals surface area contributed by atoms with Crippen molar-refractivity contribution in [3.63, 3.8) is 0 Å². The standard InChI is InChI=1S/C43H63NO11/c1-24-11-10-14-30-23-50-40-36(44-48)27(4)19-33(43(30,40)47)41(46)52-32-20-31(16-15-25(2)38(24)53-35-21-34(49-6)37(45)28(5)51-35)54-42(22-32)18-17-26(3)39(55-42)29-12-8-7-9-13-29/h10-11,14-15,19,24,26,28-29,31-35,37-40,45,47-48H,7-9,12-13,16-18,20-23H2,1-6H3/b11-10+,25-15+,30-14+,44-36+/t24-,26-,28?,31+,32?,33?,34?,35?,37?,38-,39?,40+,42+,43+/m0/s1. The molecule has 12 nitrogen and oxygen atoms in total. The number of methoxy groups -OCH3 is 1. The van der Waals surface area contributed by atoms with Crippen molar-refractivity contribution in [2.24, 2.45) is 28.8 Å². The van der Waals surface area contributed by atoms with E-state index in [0.717, 1.165) is 24.8 Å². The lowest BCUT2D eigenvalue weighted by molar-refractivity contribution is -0.342. The second-order valence-corrected chi connectivity index (χ2v) is 17.4. The zero-order valence-electron chi connectivity index (χ0n) is 33.4. The number of carbonyl (C=O) groups excluding carboxylic acids is 1. The van der Waals surface area contributed by atoms with Gasteiger partial charge in [0.15, 0.2) is 12.1 Å². The number of fused-ring (bicyclic) bond motifs is 2. The van der Waals surface area contributed by atoms with Crippen molar-refractivity contribution >= 4 is 11.7 Å². The summed E-state index contributed by atoms with van der Waals surface area (Å²) in [6.45, 7) is 10.0. The maximum absolute atomic E-state index is 14.4. The fraction of sp³-hybridized carbons (Fsp3) is 0.767. The van der Waals surface area contributed by atoms with E-state index in [0.29, 0.717) is 55.1 Å². The van der Waals surface area contributed by atoms with Crippen LogP contribution in [-0.2, 0) is 38.0 Å². The molecule has 2 aliphatic carbocycles. The number of aliphatic hydroxyl groups is 2. The van der Waals surface area contributed by atoms with Crippen LogP contribution in [0.3, 0.4) is 0 Å². The van der Waals surface area contributed by atoms with Crippen LogP contribution in [0.1, 0.15) is 105 Å². The van der Waals surface area contributed by atoms with Crippen molar-refractivity contribution in [1.29, 1.82) is 0 Å². The van der Waals surface area contributed by atoms with Gasteiger partial charge in [-0.25, -0.2) is 0 Å². The van der Waals surface area contributed by atoms with E-state index in [4.69, 9.17) is 33.2 Å². The van der Waals surface area contributed by atoms with Gasteiger partial charge in [-0.15, -0.1) is 0 Å². The SMILES string of the molecule is COC1CC(O[C@@H]2/C(C)=C/C[C@@H]3CC(C[C@]4(CC[C@H](C)C(C5CCCCC5)O4)O3)OC(=O)C3C=C(C)/C(=N\O)[C@H]4OC/C(=C\C=C\[C@@H]2C)[C@@]34O)OC(C)C1O. The van der Waals surface area contributed by atoms with Gasteiger partial charge in [-0.2, -0.15) is 0 Å². The van der Waals surface area contributed by atoms with Gasteiger partial charge in [-0.1, -0.05) is 68.6 Å². The molecule has 7 aliphatic rings. The van der Waals surface area contributed by atoms with Gasteiger partial charge in [-0.05, 0) is 75.0 Å². The minimum absolute atomic E-state index is 0.0359. The molecule has 5 aliphatic heterocycles. The molecule has 2 bridgehead atoms. The van der Waals surface area contributed by atoms with Gasteiger partial charge in [0.1, 0.15) is 35.5 Å². The van der Waals surface area contributed by atoms with Crippen LogP contribution in [0, 0.1) is 23.7 Å². The van der Waals surface area contributed by atoms with E-state index < -0.39 is 66.2 Å². The van der Waals surface area contributed by atoms with E-state index in [1.165, 1.54) is 19.3 Å². The number of rotatable bonds is 4. The van der Waals surface area contributed by atoms with E-state index in [1.807, 2.05) is 19.1 Å². The van der Waals surface area contributed by atoms with Gasteiger partial charge in [0, 0.05) is 38.7 Å². The molecule has 1 saturated carbocycles. The van der Waals surface area contributed by atoms with Gasteiger partial charge in [-0.3, -0.25) is 4.79 Å². The topological polar surface area (TPSA) is 155 Å². The fourth-order valence-electron chi connectivity index (χ4n) is 10.4. The lowest BCUT2D eigenvalue weighted by atomic mass is 9.71. The molecular weight excluding hydrogens is 706 g/mol. The Kier molecular flexibility index (Phi) is 12.5. The third-order valence-electron chi connectivity index (χ3n) is 13.6. The van der Waals surface area contributed by atoms with Crippen LogP contribution < -0.4 is 0 Å². The number of oxime groups is 1. The van der Waals surface area contributed by atoms with Crippen molar-refractivity contribution in [2.75, 3.05) is 13.7 Å². The number of aliphatic hydroxyl groups excluding tert-OH is 1. The number of hydrogen-bond donors (Lipinski definition) is 3. The zero-order valence-corrected chi connectivity index (χ0v) is 33.4. The lowest BCUT2D eigenvalue weighted by Gasteiger charge is -2.51. The van der Waals surface area contributed by atoms with Crippen LogP contribution in [0.25, 0.3) is 0 Å². The molecule has 3 N–H and O–H groups in total. The maximum atomic E-state index is 14.4. The molecule has 1 spiro atoms. The first-order valence-corrected chi connectivity index (χ1v) is 20.7. The Morgan fingerprint density at radius 2 is 1.80 bits per heavy atom. The highest BCUT2D eigenvalue weighted by Crippen LogP contribution is 2.48. The third kappa shape index (κ3) is 8.17. The first kappa shape index (κ1) is 40.8. The number of hydrogen-bond acceptors (Lipinski definition) is 12. The largest absolute Gasteiger partial charge is 0.462 e. The summed E-state index contributed by atoms with van der Waals surface area (Å²) in [4.78, 5) is 14.4. The van der Waals surface area contributed by atoms with Gasteiger partial charge in [0.25, 0.3) is 0 Å². The Bertz CT molecular complexity index is 1550. The molecule has 0 amide bonds. The van der Waals surface area contributed by atoms with Crippen molar-refractivity contribution in [3.05, 3.63) is 47.1 Å². The highest BCUT2D eigenvalue weighted by atomic mass is 16.7. The minimum Gasteiger partial charge on any atom is -0.462 e. The van der Waals surface area contributed by atoms with Crippen molar-refractivity contribution in [1.82, 2.24) is 0 Å². The van der Waals surface area contributed by atoms with Crippen LogP contribution in [0.4, 0.5) is 0 Å². The zero-order chi connectivity index (χ0) is 39.1. The summed E-state index contributed by atoms with van der Waals surface area (Å²) < 4.78 is 45.1. The molecule has 7 unspecified atom stereocenters. The highest BCUT2D eigenvalue weighted by molar-refractivity contribution is 6.06. The van der Waals surface area contributed by atoms with E-state index >= 15 is 0 Å². The molecule has 0 aromatic rings. The third-order valence-corrected chi connectivity index (χ3v) is 13.6. The first-order chi connectivity index (χ1) is 26.4. The van der Waals surface area contributed by atoms with Gasteiger partial charge >= 0.3 is 5.97 Å². The van der Waals surface area contributed by atoms with Crippen molar-refractivity contribution < 1.29 is 53.4 Å². The normalized spacial score (nSPS) is 47.9. The summed E-state index contributed by atoms with van der Waals surface area (Å²) in [6.07, 6.45) is 14.4. The van der Waals surface area contributed by atoms with Gasteiger partial charge in [0.05, 0.1) is 37.1 Å². The first-order valence-electron chi connectivity index (χ1n) is 20.7. The predicted octanol–water partition coefficient (Wildman–Crippen LogP) is 6.07. The van der Waals surface area contributed by atoms with Crippen LogP contribution >= 0.6 is 0 Å². The molecule has 5 fully saturated rings. The molecule has 0 aromatic carbocycles. The molecule has 5 heterocycles. The Morgan fingerprint density at radius 3 is 2.55 bits per heavy atom. The highest BCUT2D eigenvalue weighted by Gasteiger charge is 2.60. The van der Waals surface area contributed by atoms with Gasteiger partial charge < -0.3 is 48.6 Å². The average Bonchev–Trinajstić information content (AvgIpc) is 3.50. The van der Waals surface area contributed by atoms with E-state index in [1.54, 1.807) is 26.2 Å². The van der Waals surface area contributed by atoms with E-state index in [-0.39, 0.29) is 30.4 Å². The Balaban J connectivity index is 1.25. The summed E-state index contributed by atoms with van der Waals surface area (Å²) >= 11 is 0. The smallest absolute Gasteiger partial charge is 0.316 e. The molecule has 55 heavy (non-hydrogen) atoms. The molecule has 14 atom stereocenters. The monoisotopic (exact) mass is 769 g/mol.